The highest BCUT2D eigenvalue weighted by Crippen LogP contribution is 2.26. The summed E-state index contributed by atoms with van der Waals surface area (Å²) in [6.45, 7) is 2.25. The van der Waals surface area contributed by atoms with Gasteiger partial charge in [0.1, 0.15) is 0 Å². The molecule has 0 saturated heterocycles. The number of rotatable bonds is 4. The summed E-state index contributed by atoms with van der Waals surface area (Å²) < 4.78 is 25.5. The molecule has 0 heterocycles. The summed E-state index contributed by atoms with van der Waals surface area (Å²) >= 11 is 14.9. The summed E-state index contributed by atoms with van der Waals surface area (Å²) in [6, 6.07) is 4.27. The maximum atomic E-state index is 12.1. The zero-order valence-corrected chi connectivity index (χ0v) is 13.2. The molecule has 0 aliphatic heterocycles. The van der Waals surface area contributed by atoms with E-state index in [1.807, 2.05) is 6.92 Å². The van der Waals surface area contributed by atoms with Gasteiger partial charge in [0, 0.05) is 18.4 Å². The van der Waals surface area contributed by atoms with Crippen LogP contribution in [0.25, 0.3) is 0 Å². The van der Waals surface area contributed by atoms with Crippen LogP contribution in [0.5, 0.6) is 0 Å². The average molecular weight is 361 g/mol. The van der Waals surface area contributed by atoms with Gasteiger partial charge in [-0.25, -0.2) is 8.42 Å². The molecule has 1 aromatic rings. The lowest BCUT2D eigenvalue weighted by Crippen LogP contribution is -2.31. The van der Waals surface area contributed by atoms with Crippen LogP contribution in [0.3, 0.4) is 0 Å². The molecule has 0 saturated carbocycles. The standard InChI is InChI=1S/C10H12BrCl2NO2S/c1-7(11)6-14(2)17(15,16)8-3-4-9(12)10(13)5-8/h3-5,7H,6H2,1-2H3. The first-order chi connectivity index (χ1) is 7.75. The predicted octanol–water partition coefficient (Wildman–Crippen LogP) is 3.40. The average Bonchev–Trinajstić information content (AvgIpc) is 2.20. The number of halogens is 3. The molecular weight excluding hydrogens is 349 g/mol. The molecule has 0 spiro atoms. The molecule has 0 N–H and O–H groups in total. The van der Waals surface area contributed by atoms with E-state index in [0.717, 1.165) is 0 Å². The third-order valence-corrected chi connectivity index (χ3v) is 4.96. The lowest BCUT2D eigenvalue weighted by Gasteiger charge is -2.18. The number of hydrogen-bond acceptors (Lipinski definition) is 2. The number of sulfonamides is 1. The van der Waals surface area contributed by atoms with Gasteiger partial charge in [-0.3, -0.25) is 0 Å². The molecule has 1 atom stereocenters. The number of nitrogens with zero attached hydrogens (tertiary/aromatic N) is 1. The molecule has 1 rings (SSSR count). The van der Waals surface area contributed by atoms with Gasteiger partial charge in [-0.2, -0.15) is 4.31 Å². The summed E-state index contributed by atoms with van der Waals surface area (Å²) in [4.78, 5) is 0.215. The Labute approximate surface area is 120 Å². The summed E-state index contributed by atoms with van der Waals surface area (Å²) in [5, 5.41) is 0.565. The van der Waals surface area contributed by atoms with Gasteiger partial charge < -0.3 is 0 Å². The quantitative estimate of drug-likeness (QED) is 0.771. The van der Waals surface area contributed by atoms with Crippen LogP contribution < -0.4 is 0 Å². The third kappa shape index (κ3) is 3.83. The highest BCUT2D eigenvalue weighted by atomic mass is 79.9. The second kappa shape index (κ2) is 5.89. The molecule has 0 fully saturated rings. The van der Waals surface area contributed by atoms with Crippen molar-refractivity contribution in [3.8, 4) is 0 Å². The van der Waals surface area contributed by atoms with Crippen molar-refractivity contribution in [2.75, 3.05) is 13.6 Å². The highest BCUT2D eigenvalue weighted by molar-refractivity contribution is 9.09. The Morgan fingerprint density at radius 1 is 1.35 bits per heavy atom. The number of hydrogen-bond donors (Lipinski definition) is 0. The normalized spacial score (nSPS) is 14.0. The lowest BCUT2D eigenvalue weighted by atomic mass is 10.4. The van der Waals surface area contributed by atoms with Gasteiger partial charge in [-0.05, 0) is 18.2 Å². The molecule has 3 nitrogen and oxygen atoms in total. The van der Waals surface area contributed by atoms with E-state index in [0.29, 0.717) is 11.6 Å². The van der Waals surface area contributed by atoms with Crippen LogP contribution in [0.1, 0.15) is 6.92 Å². The van der Waals surface area contributed by atoms with Crippen molar-refractivity contribution in [2.45, 2.75) is 16.6 Å². The van der Waals surface area contributed by atoms with Gasteiger partial charge in [0.2, 0.25) is 10.0 Å². The van der Waals surface area contributed by atoms with Crippen LogP contribution in [0.2, 0.25) is 10.0 Å². The predicted molar refractivity (Wildman–Crippen MR) is 74.7 cm³/mol. The second-order valence-electron chi connectivity index (χ2n) is 3.64. The van der Waals surface area contributed by atoms with Gasteiger partial charge in [0.25, 0.3) is 0 Å². The summed E-state index contributed by atoms with van der Waals surface area (Å²) in [7, 11) is -1.99. The van der Waals surface area contributed by atoms with Crippen molar-refractivity contribution in [1.29, 1.82) is 0 Å². The van der Waals surface area contributed by atoms with Crippen molar-refractivity contribution in [2.24, 2.45) is 0 Å². The maximum absolute atomic E-state index is 12.1. The van der Waals surface area contributed by atoms with Gasteiger partial charge in [0.15, 0.2) is 0 Å². The van der Waals surface area contributed by atoms with Crippen molar-refractivity contribution < 1.29 is 8.42 Å². The maximum Gasteiger partial charge on any atom is 0.242 e. The van der Waals surface area contributed by atoms with E-state index in [-0.39, 0.29) is 14.7 Å². The van der Waals surface area contributed by atoms with Crippen molar-refractivity contribution in [3.63, 3.8) is 0 Å². The molecule has 0 aliphatic carbocycles. The van der Waals surface area contributed by atoms with Crippen LogP contribution in [0.15, 0.2) is 23.1 Å². The van der Waals surface area contributed by atoms with E-state index < -0.39 is 10.0 Å². The largest absolute Gasteiger partial charge is 0.242 e. The van der Waals surface area contributed by atoms with Gasteiger partial charge >= 0.3 is 0 Å². The molecule has 0 bridgehead atoms. The molecule has 0 aromatic heterocycles. The Morgan fingerprint density at radius 2 is 1.94 bits per heavy atom. The van der Waals surface area contributed by atoms with Crippen LogP contribution in [-0.2, 0) is 10.0 Å². The fourth-order valence-corrected chi connectivity index (χ4v) is 3.55. The fraction of sp³-hybridized carbons (Fsp3) is 0.400. The van der Waals surface area contributed by atoms with Crippen LogP contribution >= 0.6 is 39.1 Å². The molecule has 96 valence electrons. The Hall–Kier alpha value is 0.190. The van der Waals surface area contributed by atoms with E-state index in [4.69, 9.17) is 23.2 Å². The number of alkyl halides is 1. The Balaban J connectivity index is 3.09. The molecule has 0 radical (unpaired) electrons. The second-order valence-corrected chi connectivity index (χ2v) is 8.06. The van der Waals surface area contributed by atoms with Crippen LogP contribution in [0.4, 0.5) is 0 Å². The summed E-state index contributed by atoms with van der Waals surface area (Å²) in [6.07, 6.45) is 0. The van der Waals surface area contributed by atoms with E-state index in [9.17, 15) is 8.42 Å². The molecule has 1 unspecified atom stereocenters. The van der Waals surface area contributed by atoms with Crippen LogP contribution in [-0.4, -0.2) is 31.1 Å². The third-order valence-electron chi connectivity index (χ3n) is 2.11. The zero-order valence-electron chi connectivity index (χ0n) is 9.32. The monoisotopic (exact) mass is 359 g/mol. The lowest BCUT2D eigenvalue weighted by molar-refractivity contribution is 0.473. The SMILES string of the molecule is CC(Br)CN(C)S(=O)(=O)c1ccc(Cl)c(Cl)c1. The van der Waals surface area contributed by atoms with Crippen molar-refractivity contribution >= 4 is 49.2 Å². The smallest absolute Gasteiger partial charge is 0.207 e. The van der Waals surface area contributed by atoms with Crippen molar-refractivity contribution in [1.82, 2.24) is 4.31 Å². The van der Waals surface area contributed by atoms with Gasteiger partial charge in [-0.15, -0.1) is 0 Å². The first-order valence-electron chi connectivity index (χ1n) is 4.80. The summed E-state index contributed by atoms with van der Waals surface area (Å²) in [5.74, 6) is 0. The molecule has 7 heteroatoms. The molecule has 1 aromatic carbocycles. The van der Waals surface area contributed by atoms with Crippen molar-refractivity contribution in [3.05, 3.63) is 28.2 Å². The topological polar surface area (TPSA) is 37.4 Å². The minimum Gasteiger partial charge on any atom is -0.207 e. The Bertz CT molecular complexity index is 505. The van der Waals surface area contributed by atoms with E-state index in [2.05, 4.69) is 15.9 Å². The van der Waals surface area contributed by atoms with E-state index in [1.165, 1.54) is 29.6 Å². The van der Waals surface area contributed by atoms with E-state index in [1.54, 1.807) is 0 Å². The van der Waals surface area contributed by atoms with Gasteiger partial charge in [-0.1, -0.05) is 46.1 Å². The number of benzene rings is 1. The first kappa shape index (κ1) is 15.2. The Morgan fingerprint density at radius 3 is 2.41 bits per heavy atom. The minimum absolute atomic E-state index is 0.0741. The zero-order chi connectivity index (χ0) is 13.2. The molecule has 0 aliphatic rings. The van der Waals surface area contributed by atoms with E-state index >= 15 is 0 Å². The fourth-order valence-electron chi connectivity index (χ4n) is 1.27. The first-order valence-corrected chi connectivity index (χ1v) is 7.91. The Kier molecular flexibility index (Phi) is 5.28. The molecule has 0 amide bonds. The highest BCUT2D eigenvalue weighted by Gasteiger charge is 2.22. The molecular formula is C10H12BrCl2NO2S. The molecule has 17 heavy (non-hydrogen) atoms. The summed E-state index contributed by atoms with van der Waals surface area (Å²) in [5.41, 5.74) is 0. The van der Waals surface area contributed by atoms with Gasteiger partial charge in [0.05, 0.1) is 14.9 Å². The minimum atomic E-state index is -3.51. The van der Waals surface area contributed by atoms with Crippen LogP contribution in [0, 0.1) is 0 Å².